The van der Waals surface area contributed by atoms with Crippen LogP contribution in [0.4, 0.5) is 4.39 Å². The van der Waals surface area contributed by atoms with Gasteiger partial charge in [0.15, 0.2) is 11.6 Å². The van der Waals surface area contributed by atoms with E-state index in [2.05, 4.69) is 18.7 Å². The van der Waals surface area contributed by atoms with Gasteiger partial charge in [0.25, 0.3) is 0 Å². The second-order valence-corrected chi connectivity index (χ2v) is 4.73. The molecule has 0 bridgehead atoms. The molecule has 1 rings (SSSR count). The molecule has 0 unspecified atom stereocenters. The van der Waals surface area contributed by atoms with Crippen LogP contribution in [0.15, 0.2) is 18.2 Å². The molecule has 0 atom stereocenters. The van der Waals surface area contributed by atoms with Crippen molar-refractivity contribution in [2.75, 3.05) is 13.1 Å². The Bertz CT molecular complexity index is 346. The van der Waals surface area contributed by atoms with E-state index in [4.69, 9.17) is 0 Å². The smallest absolute Gasteiger partial charge is 0.165 e. The van der Waals surface area contributed by atoms with Crippen molar-refractivity contribution in [1.82, 2.24) is 4.90 Å². The second kappa shape index (κ2) is 8.09. The van der Waals surface area contributed by atoms with Gasteiger partial charge < -0.3 is 5.11 Å². The Morgan fingerprint density at radius 1 is 1.11 bits per heavy atom. The highest BCUT2D eigenvalue weighted by Crippen LogP contribution is 2.22. The van der Waals surface area contributed by atoms with Gasteiger partial charge in [-0.25, -0.2) is 4.39 Å². The van der Waals surface area contributed by atoms with Crippen LogP contribution in [0.1, 0.15) is 45.1 Å². The average Bonchev–Trinajstić information content (AvgIpc) is 2.38. The predicted molar refractivity (Wildman–Crippen MR) is 73.2 cm³/mol. The average molecular weight is 253 g/mol. The number of hydrogen-bond acceptors (Lipinski definition) is 2. The van der Waals surface area contributed by atoms with Crippen molar-refractivity contribution < 1.29 is 9.50 Å². The Balaban J connectivity index is 2.65. The van der Waals surface area contributed by atoms with Crippen LogP contribution in [0, 0.1) is 5.82 Å². The minimum absolute atomic E-state index is 0.199. The fraction of sp³-hybridized carbons (Fsp3) is 0.600. The molecular weight excluding hydrogens is 229 g/mol. The van der Waals surface area contributed by atoms with E-state index in [-0.39, 0.29) is 5.75 Å². The lowest BCUT2D eigenvalue weighted by atomic mass is 10.1. The van der Waals surface area contributed by atoms with Crippen LogP contribution in [0.25, 0.3) is 0 Å². The van der Waals surface area contributed by atoms with Gasteiger partial charge in [-0.3, -0.25) is 4.90 Å². The zero-order chi connectivity index (χ0) is 13.4. The normalized spacial score (nSPS) is 11.1. The maximum absolute atomic E-state index is 13.3. The minimum Gasteiger partial charge on any atom is -0.505 e. The van der Waals surface area contributed by atoms with Gasteiger partial charge in [-0.1, -0.05) is 38.8 Å². The summed E-state index contributed by atoms with van der Waals surface area (Å²) in [6, 6.07) is 4.74. The molecule has 1 N–H and O–H groups in total. The predicted octanol–water partition coefficient (Wildman–Crippen LogP) is 3.93. The molecule has 2 nitrogen and oxygen atoms in total. The molecule has 102 valence electrons. The molecule has 0 spiro atoms. The van der Waals surface area contributed by atoms with Crippen LogP contribution in [0.2, 0.25) is 0 Å². The van der Waals surface area contributed by atoms with E-state index in [1.807, 2.05) is 0 Å². The summed E-state index contributed by atoms with van der Waals surface area (Å²) in [5.41, 5.74) is 0.683. The number of aromatic hydroxyl groups is 1. The van der Waals surface area contributed by atoms with Crippen molar-refractivity contribution in [1.29, 1.82) is 0 Å². The maximum Gasteiger partial charge on any atom is 0.165 e. The summed E-state index contributed by atoms with van der Waals surface area (Å²) in [4.78, 5) is 2.29. The number of benzene rings is 1. The highest BCUT2D eigenvalue weighted by atomic mass is 19.1. The van der Waals surface area contributed by atoms with Crippen LogP contribution in [0.5, 0.6) is 5.75 Å². The molecule has 0 saturated carbocycles. The van der Waals surface area contributed by atoms with E-state index in [9.17, 15) is 9.50 Å². The first-order valence-corrected chi connectivity index (χ1v) is 6.87. The number of nitrogens with zero attached hydrogens (tertiary/aromatic N) is 1. The molecule has 0 heterocycles. The fourth-order valence-electron chi connectivity index (χ4n) is 1.96. The van der Waals surface area contributed by atoms with Gasteiger partial charge in [0, 0.05) is 12.1 Å². The molecule has 1 aromatic carbocycles. The Kier molecular flexibility index (Phi) is 6.73. The molecule has 0 aliphatic carbocycles. The van der Waals surface area contributed by atoms with Crippen molar-refractivity contribution in [2.24, 2.45) is 0 Å². The van der Waals surface area contributed by atoms with E-state index in [1.54, 1.807) is 12.1 Å². The third kappa shape index (κ3) is 4.65. The molecule has 0 aliphatic heterocycles. The van der Waals surface area contributed by atoms with E-state index in [0.29, 0.717) is 12.1 Å². The van der Waals surface area contributed by atoms with Gasteiger partial charge in [-0.15, -0.1) is 0 Å². The lowest BCUT2D eigenvalue weighted by molar-refractivity contribution is 0.252. The van der Waals surface area contributed by atoms with Gasteiger partial charge in [-0.2, -0.15) is 0 Å². The fourth-order valence-corrected chi connectivity index (χ4v) is 1.96. The van der Waals surface area contributed by atoms with Gasteiger partial charge >= 0.3 is 0 Å². The van der Waals surface area contributed by atoms with Crippen LogP contribution >= 0.6 is 0 Å². The van der Waals surface area contributed by atoms with E-state index in [0.717, 1.165) is 38.8 Å². The number of phenolic OH excluding ortho intramolecular Hbond substituents is 1. The number of rotatable bonds is 8. The Morgan fingerprint density at radius 2 is 1.72 bits per heavy atom. The number of hydrogen-bond donors (Lipinski definition) is 1. The highest BCUT2D eigenvalue weighted by molar-refractivity contribution is 5.33. The number of phenols is 1. The Morgan fingerprint density at radius 3 is 2.28 bits per heavy atom. The Labute approximate surface area is 109 Å². The molecule has 0 amide bonds. The quantitative estimate of drug-likeness (QED) is 0.758. The van der Waals surface area contributed by atoms with Crippen molar-refractivity contribution in [3.05, 3.63) is 29.6 Å². The second-order valence-electron chi connectivity index (χ2n) is 4.73. The first-order valence-electron chi connectivity index (χ1n) is 6.87. The van der Waals surface area contributed by atoms with Crippen molar-refractivity contribution in [2.45, 2.75) is 46.1 Å². The van der Waals surface area contributed by atoms with E-state index >= 15 is 0 Å². The van der Waals surface area contributed by atoms with Crippen molar-refractivity contribution >= 4 is 0 Å². The largest absolute Gasteiger partial charge is 0.505 e. The maximum atomic E-state index is 13.3. The summed E-state index contributed by atoms with van der Waals surface area (Å²) in [5, 5.41) is 9.70. The van der Waals surface area contributed by atoms with Gasteiger partial charge in [0.05, 0.1) is 0 Å². The third-order valence-electron chi connectivity index (χ3n) is 3.12. The first kappa shape index (κ1) is 15.0. The zero-order valence-corrected chi connectivity index (χ0v) is 11.5. The first-order chi connectivity index (χ1) is 8.69. The lowest BCUT2D eigenvalue weighted by Crippen LogP contribution is -2.25. The van der Waals surface area contributed by atoms with Crippen LogP contribution in [0.3, 0.4) is 0 Å². The third-order valence-corrected chi connectivity index (χ3v) is 3.12. The van der Waals surface area contributed by atoms with Crippen LogP contribution in [-0.2, 0) is 6.54 Å². The molecule has 0 aliphatic rings. The van der Waals surface area contributed by atoms with Crippen molar-refractivity contribution in [3.8, 4) is 5.75 Å². The van der Waals surface area contributed by atoms with Gasteiger partial charge in [0.2, 0.25) is 0 Å². The number of unbranched alkanes of at least 4 members (excludes halogenated alkanes) is 2. The summed E-state index contributed by atoms with van der Waals surface area (Å²) in [6.45, 7) is 6.97. The molecule has 0 aromatic heterocycles. The standard InChI is InChI=1S/C15H24FNO/c1-3-5-10-17(11-6-4-2)12-13-8-7-9-14(16)15(13)18/h7-9,18H,3-6,10-12H2,1-2H3. The summed E-state index contributed by atoms with van der Waals surface area (Å²) < 4.78 is 13.3. The summed E-state index contributed by atoms with van der Waals surface area (Å²) in [5.74, 6) is -0.728. The monoisotopic (exact) mass is 253 g/mol. The molecule has 1 aromatic rings. The van der Waals surface area contributed by atoms with E-state index < -0.39 is 5.82 Å². The molecule has 0 fully saturated rings. The molecule has 0 radical (unpaired) electrons. The molecule has 0 saturated heterocycles. The zero-order valence-electron chi connectivity index (χ0n) is 11.5. The van der Waals surface area contributed by atoms with E-state index in [1.165, 1.54) is 6.07 Å². The van der Waals surface area contributed by atoms with Crippen molar-refractivity contribution in [3.63, 3.8) is 0 Å². The lowest BCUT2D eigenvalue weighted by Gasteiger charge is -2.22. The van der Waals surface area contributed by atoms with Gasteiger partial charge in [0.1, 0.15) is 0 Å². The molecule has 18 heavy (non-hydrogen) atoms. The summed E-state index contributed by atoms with van der Waals surface area (Å²) in [6.07, 6.45) is 4.58. The summed E-state index contributed by atoms with van der Waals surface area (Å²) >= 11 is 0. The Hall–Kier alpha value is -1.09. The van der Waals surface area contributed by atoms with Crippen LogP contribution in [-0.4, -0.2) is 23.1 Å². The van der Waals surface area contributed by atoms with Gasteiger partial charge in [-0.05, 0) is 32.0 Å². The SMILES string of the molecule is CCCCN(CCCC)Cc1cccc(F)c1O. The number of halogens is 1. The molecular formula is C15H24FNO. The highest BCUT2D eigenvalue weighted by Gasteiger charge is 2.11. The number of para-hydroxylation sites is 1. The topological polar surface area (TPSA) is 23.5 Å². The summed E-state index contributed by atoms with van der Waals surface area (Å²) in [7, 11) is 0. The van der Waals surface area contributed by atoms with Crippen LogP contribution < -0.4 is 0 Å². The molecule has 3 heteroatoms. The minimum atomic E-state index is -0.529.